The molecular formula is C14H16N4O3S. The Labute approximate surface area is 129 Å². The molecular weight excluding hydrogens is 304 g/mol. The Morgan fingerprint density at radius 2 is 1.86 bits per heavy atom. The molecule has 0 aliphatic heterocycles. The van der Waals surface area contributed by atoms with Gasteiger partial charge in [0.2, 0.25) is 10.3 Å². The van der Waals surface area contributed by atoms with Crippen LogP contribution in [0.3, 0.4) is 0 Å². The Balaban J connectivity index is 2.69. The van der Waals surface area contributed by atoms with Gasteiger partial charge in [-0.05, 0) is 30.7 Å². The third-order valence-electron chi connectivity index (χ3n) is 3.36. The number of hydrogen-bond acceptors (Lipinski definition) is 3. The summed E-state index contributed by atoms with van der Waals surface area (Å²) in [6.07, 6.45) is 5.11. The smallest absolute Gasteiger partial charge is 0.276 e. The average Bonchev–Trinajstić information content (AvgIpc) is 2.92. The lowest BCUT2D eigenvalue weighted by Crippen LogP contribution is -2.29. The van der Waals surface area contributed by atoms with Crippen LogP contribution < -0.4 is 11.5 Å². The van der Waals surface area contributed by atoms with E-state index < -0.39 is 22.1 Å². The number of amides is 1. The molecule has 8 heteroatoms. The molecule has 1 aromatic heterocycles. The molecule has 0 bridgehead atoms. The van der Waals surface area contributed by atoms with E-state index in [1.165, 1.54) is 0 Å². The van der Waals surface area contributed by atoms with Crippen molar-refractivity contribution in [3.63, 3.8) is 0 Å². The fourth-order valence-corrected chi connectivity index (χ4v) is 3.27. The summed E-state index contributed by atoms with van der Waals surface area (Å²) in [6.45, 7) is 3.36. The van der Waals surface area contributed by atoms with Gasteiger partial charge < -0.3 is 16.0 Å². The van der Waals surface area contributed by atoms with Gasteiger partial charge in [0.15, 0.2) is 5.96 Å². The third kappa shape index (κ3) is 2.86. The van der Waals surface area contributed by atoms with Gasteiger partial charge in [0.1, 0.15) is 4.86 Å². The zero-order chi connectivity index (χ0) is 16.4. The fraction of sp³-hybridized carbons (Fsp3) is 0.214. The number of aliphatic imine (C=N–C) groups is 1. The molecule has 4 N–H and O–H groups in total. The van der Waals surface area contributed by atoms with E-state index in [4.69, 9.17) is 11.5 Å². The summed E-state index contributed by atoms with van der Waals surface area (Å²) in [5.41, 5.74) is 11.8. The van der Waals surface area contributed by atoms with E-state index in [0.717, 1.165) is 0 Å². The number of guanidine groups is 1. The number of aromatic nitrogens is 1. The second-order valence-corrected chi connectivity index (χ2v) is 5.79. The number of rotatable bonds is 2. The van der Waals surface area contributed by atoms with Gasteiger partial charge in [-0.15, -0.1) is 0 Å². The average molecular weight is 320 g/mol. The summed E-state index contributed by atoms with van der Waals surface area (Å²) < 4.78 is 25.1. The highest BCUT2D eigenvalue weighted by Crippen LogP contribution is 2.30. The molecule has 0 radical (unpaired) electrons. The standard InChI is InChI=1S/C14H16N4O3S/c1-8-7-10(13(19)17-14(15)16)9(2)12(22(20)21)11(8)18-5-3-4-6-18/h3-7,9H,1-2H3,(H4,15,16,17,19). The molecule has 1 aromatic rings. The predicted molar refractivity (Wildman–Crippen MR) is 85.3 cm³/mol. The number of nitrogens with zero attached hydrogens (tertiary/aromatic N) is 2. The van der Waals surface area contributed by atoms with Crippen molar-refractivity contribution in [1.82, 2.24) is 4.57 Å². The molecule has 1 amide bonds. The van der Waals surface area contributed by atoms with E-state index in [2.05, 4.69) is 4.99 Å². The summed E-state index contributed by atoms with van der Waals surface area (Å²) in [7, 11) is -2.48. The summed E-state index contributed by atoms with van der Waals surface area (Å²) in [5, 5.41) is 0. The molecule has 0 fully saturated rings. The van der Waals surface area contributed by atoms with Crippen molar-refractivity contribution in [3.05, 3.63) is 41.7 Å². The van der Waals surface area contributed by atoms with Crippen molar-refractivity contribution in [2.24, 2.45) is 22.4 Å². The zero-order valence-electron chi connectivity index (χ0n) is 12.1. The maximum absolute atomic E-state index is 12.1. The van der Waals surface area contributed by atoms with Crippen molar-refractivity contribution < 1.29 is 13.2 Å². The van der Waals surface area contributed by atoms with Gasteiger partial charge in [0, 0.05) is 23.9 Å². The minimum absolute atomic E-state index is 0.130. The molecule has 116 valence electrons. The van der Waals surface area contributed by atoms with Crippen LogP contribution in [-0.4, -0.2) is 29.7 Å². The van der Waals surface area contributed by atoms with Gasteiger partial charge in [-0.1, -0.05) is 6.92 Å². The fourth-order valence-electron chi connectivity index (χ4n) is 2.43. The van der Waals surface area contributed by atoms with Crippen LogP contribution >= 0.6 is 0 Å². The molecule has 2 rings (SSSR count). The van der Waals surface area contributed by atoms with Crippen LogP contribution in [0.4, 0.5) is 0 Å². The Hall–Kier alpha value is -2.61. The molecule has 1 aliphatic carbocycles. The first-order valence-corrected chi connectivity index (χ1v) is 7.56. The lowest BCUT2D eigenvalue weighted by atomic mass is 9.87. The SMILES string of the molecule is CC1=C(n2cccc2)C(=S(=O)=O)C(C)C(C(=O)N=C(N)N)=C1. The molecule has 1 aliphatic rings. The monoisotopic (exact) mass is 320 g/mol. The third-order valence-corrected chi connectivity index (χ3v) is 4.26. The van der Waals surface area contributed by atoms with Crippen molar-refractivity contribution in [2.45, 2.75) is 13.8 Å². The van der Waals surface area contributed by atoms with E-state index in [1.807, 2.05) is 0 Å². The van der Waals surface area contributed by atoms with E-state index >= 15 is 0 Å². The molecule has 0 spiro atoms. The largest absolute Gasteiger partial charge is 0.370 e. The van der Waals surface area contributed by atoms with Gasteiger partial charge in [0.25, 0.3) is 5.91 Å². The molecule has 0 saturated carbocycles. The summed E-state index contributed by atoms with van der Waals surface area (Å²) >= 11 is 0. The highest BCUT2D eigenvalue weighted by atomic mass is 32.2. The number of allylic oxidation sites excluding steroid dienone is 3. The van der Waals surface area contributed by atoms with Crippen LogP contribution in [0.5, 0.6) is 0 Å². The lowest BCUT2D eigenvalue weighted by molar-refractivity contribution is -0.114. The van der Waals surface area contributed by atoms with Gasteiger partial charge in [0.05, 0.1) is 5.70 Å². The highest BCUT2D eigenvalue weighted by molar-refractivity contribution is 7.74. The topological polar surface area (TPSA) is 121 Å². The Bertz CT molecular complexity index is 831. The van der Waals surface area contributed by atoms with Gasteiger partial charge in [-0.2, -0.15) is 13.4 Å². The van der Waals surface area contributed by atoms with Gasteiger partial charge >= 0.3 is 0 Å². The Kier molecular flexibility index (Phi) is 4.32. The van der Waals surface area contributed by atoms with Crippen LogP contribution in [0.15, 0.2) is 46.7 Å². The molecule has 1 heterocycles. The normalized spacial score (nSPS) is 18.0. The van der Waals surface area contributed by atoms with E-state index in [9.17, 15) is 13.2 Å². The number of hydrogen-bond donors (Lipinski definition) is 2. The van der Waals surface area contributed by atoms with Crippen LogP contribution in [0.2, 0.25) is 0 Å². The maximum Gasteiger partial charge on any atom is 0.276 e. The van der Waals surface area contributed by atoms with Crippen LogP contribution in [0.25, 0.3) is 5.70 Å². The first-order valence-electron chi connectivity index (χ1n) is 6.49. The Morgan fingerprint density at radius 1 is 1.27 bits per heavy atom. The van der Waals surface area contributed by atoms with Crippen LogP contribution in [0, 0.1) is 5.92 Å². The molecule has 1 atom stereocenters. The summed E-state index contributed by atoms with van der Waals surface area (Å²) in [6, 6.07) is 3.58. The summed E-state index contributed by atoms with van der Waals surface area (Å²) in [5.74, 6) is -1.64. The quantitative estimate of drug-likeness (QED) is 0.456. The molecule has 0 saturated heterocycles. The first kappa shape index (κ1) is 15.8. The summed E-state index contributed by atoms with van der Waals surface area (Å²) in [4.78, 5) is 15.7. The van der Waals surface area contributed by atoms with Crippen molar-refractivity contribution >= 4 is 32.7 Å². The second kappa shape index (κ2) is 6.02. The lowest BCUT2D eigenvalue weighted by Gasteiger charge is -2.24. The first-order chi connectivity index (χ1) is 10.3. The van der Waals surface area contributed by atoms with Gasteiger partial charge in [-0.3, -0.25) is 4.79 Å². The van der Waals surface area contributed by atoms with Crippen molar-refractivity contribution in [2.75, 3.05) is 0 Å². The van der Waals surface area contributed by atoms with E-state index in [-0.39, 0.29) is 16.4 Å². The zero-order valence-corrected chi connectivity index (χ0v) is 13.0. The van der Waals surface area contributed by atoms with Crippen LogP contribution in [0.1, 0.15) is 13.8 Å². The molecule has 7 nitrogen and oxygen atoms in total. The minimum Gasteiger partial charge on any atom is -0.370 e. The molecule has 0 aromatic carbocycles. The maximum atomic E-state index is 12.1. The number of carbonyl (C=O) groups is 1. The van der Waals surface area contributed by atoms with E-state index in [1.54, 1.807) is 49.0 Å². The van der Waals surface area contributed by atoms with Crippen molar-refractivity contribution in [3.8, 4) is 0 Å². The number of carbonyl (C=O) groups excluding carboxylic acids is 1. The van der Waals surface area contributed by atoms with Crippen LogP contribution in [-0.2, 0) is 15.1 Å². The molecule has 1 unspecified atom stereocenters. The highest BCUT2D eigenvalue weighted by Gasteiger charge is 2.31. The minimum atomic E-state index is -2.48. The van der Waals surface area contributed by atoms with Crippen molar-refractivity contribution in [1.29, 1.82) is 0 Å². The molecule has 22 heavy (non-hydrogen) atoms. The predicted octanol–water partition coefficient (Wildman–Crippen LogP) is 0.147. The number of nitrogens with two attached hydrogens (primary N) is 2. The second-order valence-electron chi connectivity index (χ2n) is 4.88. The van der Waals surface area contributed by atoms with Gasteiger partial charge in [-0.25, -0.2) is 0 Å². The van der Waals surface area contributed by atoms with E-state index in [0.29, 0.717) is 11.3 Å². The Morgan fingerprint density at radius 3 is 2.36 bits per heavy atom.